The summed E-state index contributed by atoms with van der Waals surface area (Å²) in [4.78, 5) is 11.3. The van der Waals surface area contributed by atoms with E-state index in [2.05, 4.69) is 39.5 Å². The normalized spacial score (nSPS) is 17.9. The average Bonchev–Trinajstić information content (AvgIpc) is 2.68. The van der Waals surface area contributed by atoms with Crippen LogP contribution in [0.4, 0.5) is 0 Å². The number of hydrogen-bond acceptors (Lipinski definition) is 4. The lowest BCUT2D eigenvalue weighted by atomic mass is 10.00. The predicted octanol–water partition coefficient (Wildman–Crippen LogP) is 2.57. The number of likely N-dealkylation sites (tertiary alicyclic amines) is 1. The number of aromatic nitrogens is 4. The first kappa shape index (κ1) is 13.7. The van der Waals surface area contributed by atoms with Crippen molar-refractivity contribution >= 4 is 18.0 Å². The molecule has 0 atom stereocenters. The van der Waals surface area contributed by atoms with Crippen molar-refractivity contribution in [2.24, 2.45) is 5.92 Å². The molecule has 3 heterocycles. The summed E-state index contributed by atoms with van der Waals surface area (Å²) in [5.41, 5.74) is 2.11. The number of piperidine rings is 1. The summed E-state index contributed by atoms with van der Waals surface area (Å²) in [6, 6.07) is 2.07. The molecular weight excluding hydrogens is 270 g/mol. The zero-order chi connectivity index (χ0) is 14.3. The Labute approximate surface area is 124 Å². The molecule has 1 aliphatic heterocycles. The van der Waals surface area contributed by atoms with Crippen LogP contribution in [0.3, 0.4) is 0 Å². The number of nitrogens with zero attached hydrogens (tertiary/aromatic N) is 5. The van der Waals surface area contributed by atoms with E-state index in [1.165, 1.54) is 12.8 Å². The van der Waals surface area contributed by atoms with Crippen LogP contribution in [0.5, 0.6) is 0 Å². The molecule has 2 aromatic rings. The van der Waals surface area contributed by atoms with Gasteiger partial charge in [0.2, 0.25) is 4.77 Å². The molecular formula is C14H21N5S. The number of fused-ring (bicyclic) bond motifs is 1. The summed E-state index contributed by atoms with van der Waals surface area (Å²) in [6.45, 7) is 9.46. The summed E-state index contributed by atoms with van der Waals surface area (Å²) in [5, 5.41) is 0. The van der Waals surface area contributed by atoms with E-state index in [-0.39, 0.29) is 0 Å². The summed E-state index contributed by atoms with van der Waals surface area (Å²) >= 11 is 5.41. The van der Waals surface area contributed by atoms with E-state index in [0.717, 1.165) is 37.1 Å². The Morgan fingerprint density at radius 2 is 1.95 bits per heavy atom. The summed E-state index contributed by atoms with van der Waals surface area (Å²) in [5.74, 6) is 1.55. The van der Waals surface area contributed by atoms with Gasteiger partial charge in [-0.15, -0.1) is 0 Å². The van der Waals surface area contributed by atoms with E-state index < -0.39 is 0 Å². The van der Waals surface area contributed by atoms with Crippen LogP contribution in [0.1, 0.15) is 31.2 Å². The molecule has 0 N–H and O–H groups in total. The fourth-order valence-electron chi connectivity index (χ4n) is 2.87. The molecule has 0 aromatic carbocycles. The van der Waals surface area contributed by atoms with Crippen molar-refractivity contribution in [1.82, 2.24) is 24.1 Å². The molecule has 0 amide bonds. The third-order valence-corrected chi connectivity index (χ3v) is 4.39. The third-order valence-electron chi connectivity index (χ3n) is 4.09. The smallest absolute Gasteiger partial charge is 0.252 e. The van der Waals surface area contributed by atoms with Crippen LogP contribution < -0.4 is 0 Å². The van der Waals surface area contributed by atoms with E-state index >= 15 is 0 Å². The molecule has 2 aromatic heterocycles. The topological polar surface area (TPSA) is 38.4 Å². The molecule has 1 saturated heterocycles. The van der Waals surface area contributed by atoms with Crippen molar-refractivity contribution in [3.63, 3.8) is 0 Å². The summed E-state index contributed by atoms with van der Waals surface area (Å²) < 4.78 is 4.71. The largest absolute Gasteiger partial charge is 0.284 e. The molecule has 5 nitrogen and oxygen atoms in total. The highest BCUT2D eigenvalue weighted by molar-refractivity contribution is 7.71. The Hall–Kier alpha value is -1.27. The van der Waals surface area contributed by atoms with Gasteiger partial charge in [0.1, 0.15) is 0 Å². The Kier molecular flexibility index (Phi) is 3.60. The van der Waals surface area contributed by atoms with Gasteiger partial charge in [0.25, 0.3) is 5.78 Å². The molecule has 0 radical (unpaired) electrons. The van der Waals surface area contributed by atoms with Gasteiger partial charge >= 0.3 is 0 Å². The van der Waals surface area contributed by atoms with E-state index in [0.29, 0.717) is 10.5 Å². The van der Waals surface area contributed by atoms with Crippen LogP contribution in [0.2, 0.25) is 0 Å². The van der Waals surface area contributed by atoms with E-state index in [4.69, 9.17) is 12.2 Å². The van der Waals surface area contributed by atoms with Crippen molar-refractivity contribution in [3.8, 4) is 0 Å². The Balaban J connectivity index is 1.95. The van der Waals surface area contributed by atoms with Crippen molar-refractivity contribution in [3.05, 3.63) is 22.2 Å². The SMILES string of the molecule is Cc1cc(C)n2c(n1)nc(=S)n2CN1CCC(C)CC1. The first-order chi connectivity index (χ1) is 9.54. The predicted molar refractivity (Wildman–Crippen MR) is 81.3 cm³/mol. The Morgan fingerprint density at radius 3 is 2.65 bits per heavy atom. The highest BCUT2D eigenvalue weighted by Crippen LogP contribution is 2.17. The second-order valence-corrected chi connectivity index (χ2v) is 6.25. The van der Waals surface area contributed by atoms with Crippen LogP contribution in [-0.2, 0) is 6.67 Å². The lowest BCUT2D eigenvalue weighted by Crippen LogP contribution is -2.35. The molecule has 1 aliphatic rings. The molecule has 108 valence electrons. The van der Waals surface area contributed by atoms with Crippen molar-refractivity contribution in [1.29, 1.82) is 0 Å². The average molecular weight is 291 g/mol. The molecule has 1 fully saturated rings. The number of hydrogen-bond donors (Lipinski definition) is 0. The van der Waals surface area contributed by atoms with Crippen LogP contribution in [0.15, 0.2) is 6.07 Å². The molecule has 6 heteroatoms. The van der Waals surface area contributed by atoms with Crippen molar-refractivity contribution < 1.29 is 0 Å². The molecule has 0 unspecified atom stereocenters. The van der Waals surface area contributed by atoms with Gasteiger partial charge in [-0.25, -0.2) is 14.2 Å². The minimum Gasteiger partial charge on any atom is -0.284 e. The third kappa shape index (κ3) is 2.50. The lowest BCUT2D eigenvalue weighted by Gasteiger charge is -2.30. The van der Waals surface area contributed by atoms with Gasteiger partial charge < -0.3 is 0 Å². The van der Waals surface area contributed by atoms with Gasteiger partial charge in [-0.05, 0) is 50.9 Å². The highest BCUT2D eigenvalue weighted by atomic mass is 32.1. The maximum atomic E-state index is 5.41. The second kappa shape index (κ2) is 5.26. The molecule has 0 spiro atoms. The maximum absolute atomic E-state index is 5.41. The monoisotopic (exact) mass is 291 g/mol. The summed E-state index contributed by atoms with van der Waals surface area (Å²) in [6.07, 6.45) is 2.53. The molecule has 0 bridgehead atoms. The summed E-state index contributed by atoms with van der Waals surface area (Å²) in [7, 11) is 0. The zero-order valence-corrected chi connectivity index (χ0v) is 13.2. The van der Waals surface area contributed by atoms with Crippen molar-refractivity contribution in [2.45, 2.75) is 40.3 Å². The van der Waals surface area contributed by atoms with Gasteiger partial charge in [0, 0.05) is 24.5 Å². The van der Waals surface area contributed by atoms with Gasteiger partial charge in [0.05, 0.1) is 6.67 Å². The van der Waals surface area contributed by atoms with E-state index in [1.54, 1.807) is 0 Å². The number of rotatable bonds is 2. The first-order valence-electron chi connectivity index (χ1n) is 7.21. The van der Waals surface area contributed by atoms with Crippen molar-refractivity contribution in [2.75, 3.05) is 13.1 Å². The Morgan fingerprint density at radius 1 is 1.25 bits per heavy atom. The molecule has 20 heavy (non-hydrogen) atoms. The molecule has 0 aliphatic carbocycles. The quantitative estimate of drug-likeness (QED) is 0.797. The first-order valence-corrected chi connectivity index (χ1v) is 7.61. The minimum absolute atomic E-state index is 0.616. The van der Waals surface area contributed by atoms with Crippen LogP contribution in [0.25, 0.3) is 5.78 Å². The maximum Gasteiger partial charge on any atom is 0.252 e. The minimum atomic E-state index is 0.616. The Bertz CT molecular complexity index is 679. The van der Waals surface area contributed by atoms with Gasteiger partial charge in [0.15, 0.2) is 0 Å². The molecule has 0 saturated carbocycles. The van der Waals surface area contributed by atoms with E-state index in [9.17, 15) is 0 Å². The highest BCUT2D eigenvalue weighted by Gasteiger charge is 2.17. The van der Waals surface area contributed by atoms with Crippen LogP contribution in [0, 0.1) is 24.5 Å². The number of aryl methyl sites for hydroxylation is 2. The second-order valence-electron chi connectivity index (χ2n) is 5.89. The van der Waals surface area contributed by atoms with Crippen LogP contribution >= 0.6 is 12.2 Å². The van der Waals surface area contributed by atoms with Crippen LogP contribution in [-0.4, -0.2) is 37.2 Å². The fourth-order valence-corrected chi connectivity index (χ4v) is 3.10. The zero-order valence-electron chi connectivity index (χ0n) is 12.3. The van der Waals surface area contributed by atoms with Gasteiger partial charge in [-0.1, -0.05) is 6.92 Å². The lowest BCUT2D eigenvalue weighted by molar-refractivity contribution is 0.143. The molecule has 3 rings (SSSR count). The standard InChI is InChI=1S/C14H21N5S/c1-10-4-6-17(7-5-10)9-18-14(20)16-13-15-11(2)8-12(3)19(13)18/h8,10H,4-7,9H2,1-3H3. The van der Waals surface area contributed by atoms with Gasteiger partial charge in [-0.3, -0.25) is 4.90 Å². The van der Waals surface area contributed by atoms with E-state index in [1.807, 2.05) is 11.4 Å². The van der Waals surface area contributed by atoms with Gasteiger partial charge in [-0.2, -0.15) is 4.98 Å². The fraction of sp³-hybridized carbons (Fsp3) is 0.643.